The zero-order valence-electron chi connectivity index (χ0n) is 18.8. The highest BCUT2D eigenvalue weighted by Gasteiger charge is 2.32. The van der Waals surface area contributed by atoms with Crippen molar-refractivity contribution in [3.8, 4) is 0 Å². The first kappa shape index (κ1) is 20.8. The van der Waals surface area contributed by atoms with Gasteiger partial charge in [0.05, 0.1) is 16.9 Å². The molecule has 0 N–H and O–H groups in total. The number of likely N-dealkylation sites (N-methyl/N-ethyl adjacent to an activating group) is 2. The zero-order chi connectivity index (χ0) is 21.1. The summed E-state index contributed by atoms with van der Waals surface area (Å²) in [4.78, 5) is 14.7. The Labute approximate surface area is 181 Å². The Morgan fingerprint density at radius 3 is 2.40 bits per heavy atom. The van der Waals surface area contributed by atoms with E-state index in [-0.39, 0.29) is 0 Å². The van der Waals surface area contributed by atoms with Crippen molar-refractivity contribution in [3.63, 3.8) is 0 Å². The van der Waals surface area contributed by atoms with Crippen LogP contribution in [0.15, 0.2) is 48.5 Å². The van der Waals surface area contributed by atoms with Crippen LogP contribution in [0, 0.1) is 6.92 Å². The Bertz CT molecular complexity index is 999. The minimum absolute atomic E-state index is 0.478. The standard InChI is InChI=1S/C26H34N4/c1-5-21-17-16-20-11-9-15-25(26(20)28-21)30(4)24-14-7-6-13-23(24)29(3)18-22-12-8-10-19(2)27-22/h8-12,15-17,23-24H,5-7,13-14,18H2,1-4H3/t23-,24-/m0/s1. The summed E-state index contributed by atoms with van der Waals surface area (Å²) >= 11 is 0. The molecule has 30 heavy (non-hydrogen) atoms. The van der Waals surface area contributed by atoms with E-state index in [1.807, 2.05) is 0 Å². The van der Waals surface area contributed by atoms with Crippen LogP contribution >= 0.6 is 0 Å². The molecule has 4 heteroatoms. The van der Waals surface area contributed by atoms with Crippen LogP contribution in [-0.4, -0.2) is 41.0 Å². The normalized spacial score (nSPS) is 19.4. The number of nitrogens with zero attached hydrogens (tertiary/aromatic N) is 4. The molecule has 1 aliphatic rings. The highest BCUT2D eigenvalue weighted by Crippen LogP contribution is 2.33. The summed E-state index contributed by atoms with van der Waals surface area (Å²) in [5.41, 5.74) is 5.79. The average Bonchev–Trinajstić information content (AvgIpc) is 2.77. The molecule has 1 saturated carbocycles. The van der Waals surface area contributed by atoms with Gasteiger partial charge in [-0.3, -0.25) is 14.9 Å². The molecule has 1 aromatic carbocycles. The molecular formula is C26H34N4. The molecule has 0 bridgehead atoms. The Hall–Kier alpha value is -2.46. The fourth-order valence-electron chi connectivity index (χ4n) is 4.95. The van der Waals surface area contributed by atoms with Crippen molar-refractivity contribution in [2.24, 2.45) is 0 Å². The first-order valence-electron chi connectivity index (χ1n) is 11.3. The van der Waals surface area contributed by atoms with E-state index in [0.717, 1.165) is 35.6 Å². The molecule has 2 aromatic heterocycles. The summed E-state index contributed by atoms with van der Waals surface area (Å²) in [6.45, 7) is 5.13. The summed E-state index contributed by atoms with van der Waals surface area (Å²) in [5.74, 6) is 0. The van der Waals surface area contributed by atoms with Gasteiger partial charge in [0.2, 0.25) is 0 Å². The fourth-order valence-corrected chi connectivity index (χ4v) is 4.95. The highest BCUT2D eigenvalue weighted by molar-refractivity contribution is 5.91. The van der Waals surface area contributed by atoms with Crippen molar-refractivity contribution in [2.75, 3.05) is 19.0 Å². The molecule has 3 aromatic rings. The van der Waals surface area contributed by atoms with Crippen molar-refractivity contribution >= 4 is 16.6 Å². The molecule has 1 fully saturated rings. The zero-order valence-corrected chi connectivity index (χ0v) is 18.8. The van der Waals surface area contributed by atoms with Crippen molar-refractivity contribution in [3.05, 3.63) is 65.6 Å². The molecule has 0 amide bonds. The second kappa shape index (κ2) is 9.13. The van der Waals surface area contributed by atoms with Crippen LogP contribution in [0.2, 0.25) is 0 Å². The van der Waals surface area contributed by atoms with E-state index in [4.69, 9.17) is 9.97 Å². The monoisotopic (exact) mass is 402 g/mol. The third kappa shape index (κ3) is 4.34. The third-order valence-corrected chi connectivity index (χ3v) is 6.61. The van der Waals surface area contributed by atoms with Gasteiger partial charge in [-0.1, -0.05) is 44.0 Å². The lowest BCUT2D eigenvalue weighted by atomic mass is 9.88. The maximum absolute atomic E-state index is 4.99. The summed E-state index contributed by atoms with van der Waals surface area (Å²) < 4.78 is 0. The smallest absolute Gasteiger partial charge is 0.0938 e. The van der Waals surface area contributed by atoms with Crippen LogP contribution < -0.4 is 4.90 Å². The van der Waals surface area contributed by atoms with E-state index in [1.54, 1.807) is 0 Å². The van der Waals surface area contributed by atoms with Gasteiger partial charge in [-0.05, 0) is 57.5 Å². The van der Waals surface area contributed by atoms with Crippen LogP contribution in [0.1, 0.15) is 49.7 Å². The van der Waals surface area contributed by atoms with E-state index in [9.17, 15) is 0 Å². The van der Waals surface area contributed by atoms with Crippen LogP contribution in [0.3, 0.4) is 0 Å². The minimum Gasteiger partial charge on any atom is -0.368 e. The van der Waals surface area contributed by atoms with Gasteiger partial charge in [0.1, 0.15) is 0 Å². The van der Waals surface area contributed by atoms with E-state index in [0.29, 0.717) is 12.1 Å². The Morgan fingerprint density at radius 1 is 0.867 bits per heavy atom. The Morgan fingerprint density at radius 2 is 1.63 bits per heavy atom. The van der Waals surface area contributed by atoms with Gasteiger partial charge >= 0.3 is 0 Å². The van der Waals surface area contributed by atoms with Crippen LogP contribution in [0.5, 0.6) is 0 Å². The van der Waals surface area contributed by atoms with Gasteiger partial charge in [-0.2, -0.15) is 0 Å². The van der Waals surface area contributed by atoms with Gasteiger partial charge in [-0.25, -0.2) is 0 Å². The highest BCUT2D eigenvalue weighted by atomic mass is 15.2. The molecule has 2 heterocycles. The average molecular weight is 403 g/mol. The number of hydrogen-bond donors (Lipinski definition) is 0. The maximum atomic E-state index is 4.99. The number of hydrogen-bond acceptors (Lipinski definition) is 4. The molecular weight excluding hydrogens is 368 g/mol. The molecule has 1 aliphatic carbocycles. The predicted octanol–water partition coefficient (Wildman–Crippen LogP) is 5.38. The number of rotatable bonds is 6. The first-order chi connectivity index (χ1) is 14.6. The summed E-state index contributed by atoms with van der Waals surface area (Å²) in [7, 11) is 4.52. The van der Waals surface area contributed by atoms with Crippen molar-refractivity contribution in [1.29, 1.82) is 0 Å². The maximum Gasteiger partial charge on any atom is 0.0938 e. The van der Waals surface area contributed by atoms with Gasteiger partial charge in [-0.15, -0.1) is 0 Å². The molecule has 158 valence electrons. The minimum atomic E-state index is 0.478. The van der Waals surface area contributed by atoms with Gasteiger partial charge < -0.3 is 4.90 Å². The quantitative estimate of drug-likeness (QED) is 0.554. The molecule has 0 aliphatic heterocycles. The van der Waals surface area contributed by atoms with Crippen molar-refractivity contribution in [2.45, 2.75) is 64.6 Å². The largest absolute Gasteiger partial charge is 0.368 e. The van der Waals surface area contributed by atoms with Gasteiger partial charge in [0.15, 0.2) is 0 Å². The lowest BCUT2D eigenvalue weighted by Gasteiger charge is -2.43. The van der Waals surface area contributed by atoms with Crippen LogP contribution in [-0.2, 0) is 13.0 Å². The van der Waals surface area contributed by atoms with Crippen molar-refractivity contribution < 1.29 is 0 Å². The lowest BCUT2D eigenvalue weighted by Crippen LogP contribution is -2.51. The van der Waals surface area contributed by atoms with Crippen LogP contribution in [0.4, 0.5) is 5.69 Å². The number of aromatic nitrogens is 2. The molecule has 0 spiro atoms. The van der Waals surface area contributed by atoms with E-state index >= 15 is 0 Å². The van der Waals surface area contributed by atoms with E-state index in [2.05, 4.69) is 86.3 Å². The number of anilines is 1. The number of pyridine rings is 2. The van der Waals surface area contributed by atoms with Gasteiger partial charge in [0, 0.05) is 42.5 Å². The van der Waals surface area contributed by atoms with E-state index in [1.165, 1.54) is 36.8 Å². The molecule has 4 rings (SSSR count). The number of fused-ring (bicyclic) bond motifs is 1. The Kier molecular flexibility index (Phi) is 6.33. The topological polar surface area (TPSA) is 32.3 Å². The number of benzene rings is 1. The van der Waals surface area contributed by atoms with Gasteiger partial charge in [0.25, 0.3) is 0 Å². The molecule has 2 atom stereocenters. The number of para-hydroxylation sites is 1. The molecule has 0 unspecified atom stereocenters. The van der Waals surface area contributed by atoms with E-state index < -0.39 is 0 Å². The summed E-state index contributed by atoms with van der Waals surface area (Å²) in [5, 5.41) is 1.22. The molecule has 0 radical (unpaired) electrons. The van der Waals surface area contributed by atoms with Crippen LogP contribution in [0.25, 0.3) is 10.9 Å². The predicted molar refractivity (Wildman–Crippen MR) is 126 cm³/mol. The summed E-state index contributed by atoms with van der Waals surface area (Å²) in [6, 6.07) is 18.3. The number of aryl methyl sites for hydroxylation is 2. The second-order valence-electron chi connectivity index (χ2n) is 8.72. The summed E-state index contributed by atoms with van der Waals surface area (Å²) in [6.07, 6.45) is 6.01. The first-order valence-corrected chi connectivity index (χ1v) is 11.3. The Balaban J connectivity index is 1.61. The molecule has 4 nitrogen and oxygen atoms in total. The second-order valence-corrected chi connectivity index (χ2v) is 8.72. The fraction of sp³-hybridized carbons (Fsp3) is 0.462. The SMILES string of the molecule is CCc1ccc2cccc(N(C)[C@H]3CCCC[C@@H]3N(C)Cc3cccc(C)n3)c2n1. The molecule has 0 saturated heterocycles. The van der Waals surface area contributed by atoms with Crippen molar-refractivity contribution in [1.82, 2.24) is 14.9 Å². The third-order valence-electron chi connectivity index (χ3n) is 6.61. The lowest BCUT2D eigenvalue weighted by molar-refractivity contribution is 0.158.